The molecule has 5 heteroatoms. The molecule has 1 heterocycles. The molecule has 0 fully saturated rings. The van der Waals surface area contributed by atoms with Crippen LogP contribution in [0.2, 0.25) is 0 Å². The molecule has 0 aliphatic rings. The van der Waals surface area contributed by atoms with Gasteiger partial charge < -0.3 is 4.98 Å². The highest BCUT2D eigenvalue weighted by molar-refractivity contribution is 7.71. The van der Waals surface area contributed by atoms with Crippen molar-refractivity contribution in [3.63, 3.8) is 0 Å². The highest BCUT2D eigenvalue weighted by atomic mass is 32.1. The molecule has 2 aromatic rings. The van der Waals surface area contributed by atoms with E-state index in [1.54, 1.807) is 30.3 Å². The number of rotatable bonds is 1. The average molecular weight is 255 g/mol. The van der Waals surface area contributed by atoms with Crippen LogP contribution in [0.4, 0.5) is 13.2 Å². The van der Waals surface area contributed by atoms with Gasteiger partial charge in [0.2, 0.25) is 0 Å². The lowest BCUT2D eigenvalue weighted by Crippen LogP contribution is -2.08. The van der Waals surface area contributed by atoms with Crippen LogP contribution in [0.5, 0.6) is 0 Å². The summed E-state index contributed by atoms with van der Waals surface area (Å²) in [6.07, 6.45) is -4.42. The van der Waals surface area contributed by atoms with Crippen molar-refractivity contribution in [2.75, 3.05) is 0 Å². The number of benzene rings is 1. The Morgan fingerprint density at radius 3 is 2.24 bits per heavy atom. The van der Waals surface area contributed by atoms with Gasteiger partial charge in [-0.15, -0.1) is 0 Å². The topological polar surface area (TPSA) is 15.8 Å². The summed E-state index contributed by atoms with van der Waals surface area (Å²) >= 11 is 4.84. The summed E-state index contributed by atoms with van der Waals surface area (Å²) in [6.45, 7) is 0. The second kappa shape index (κ2) is 4.33. The number of nitrogens with one attached hydrogen (secondary N) is 1. The zero-order valence-corrected chi connectivity index (χ0v) is 9.40. The van der Waals surface area contributed by atoms with Crippen molar-refractivity contribution in [2.24, 2.45) is 0 Å². The molecule has 0 unspecified atom stereocenters. The molecule has 0 amide bonds. The van der Waals surface area contributed by atoms with E-state index in [1.165, 1.54) is 6.07 Å². The van der Waals surface area contributed by atoms with Crippen molar-refractivity contribution >= 4 is 12.2 Å². The third-order valence-electron chi connectivity index (χ3n) is 2.23. The summed E-state index contributed by atoms with van der Waals surface area (Å²) in [5.74, 6) is 0. The smallest absolute Gasteiger partial charge is 0.351 e. The number of hydrogen-bond acceptors (Lipinski definition) is 1. The van der Waals surface area contributed by atoms with E-state index < -0.39 is 11.9 Å². The fourth-order valence-corrected chi connectivity index (χ4v) is 1.71. The van der Waals surface area contributed by atoms with Crippen molar-refractivity contribution < 1.29 is 13.2 Å². The van der Waals surface area contributed by atoms with Crippen LogP contribution >= 0.6 is 12.2 Å². The van der Waals surface area contributed by atoms with Gasteiger partial charge in [0.05, 0.1) is 0 Å². The van der Waals surface area contributed by atoms with E-state index in [9.17, 15) is 13.2 Å². The first-order chi connectivity index (χ1) is 7.97. The molecule has 1 N–H and O–H groups in total. The van der Waals surface area contributed by atoms with Crippen LogP contribution in [-0.4, -0.2) is 4.98 Å². The first-order valence-corrected chi connectivity index (χ1v) is 5.24. The second-order valence-corrected chi connectivity index (χ2v) is 3.98. The molecule has 2 rings (SSSR count). The Morgan fingerprint density at radius 1 is 1.00 bits per heavy atom. The Bertz CT molecular complexity index is 572. The molecule has 0 saturated heterocycles. The molecular weight excluding hydrogens is 247 g/mol. The number of halogens is 3. The van der Waals surface area contributed by atoms with Crippen molar-refractivity contribution in [2.45, 2.75) is 6.18 Å². The van der Waals surface area contributed by atoms with Gasteiger partial charge >= 0.3 is 6.18 Å². The highest BCUT2D eigenvalue weighted by Gasteiger charge is 2.31. The Kier molecular flexibility index (Phi) is 3.02. The van der Waals surface area contributed by atoms with Gasteiger partial charge in [0, 0.05) is 10.2 Å². The van der Waals surface area contributed by atoms with Crippen LogP contribution in [0.3, 0.4) is 0 Å². The number of H-pyrrole nitrogens is 1. The Morgan fingerprint density at radius 2 is 1.65 bits per heavy atom. The van der Waals surface area contributed by atoms with Gasteiger partial charge in [-0.05, 0) is 17.7 Å². The van der Waals surface area contributed by atoms with E-state index in [2.05, 4.69) is 4.98 Å². The maximum atomic E-state index is 12.6. The van der Waals surface area contributed by atoms with Gasteiger partial charge in [-0.2, -0.15) is 13.2 Å². The van der Waals surface area contributed by atoms with E-state index in [-0.39, 0.29) is 4.51 Å². The molecule has 1 aromatic heterocycles. The van der Waals surface area contributed by atoms with Crippen molar-refractivity contribution in [3.8, 4) is 11.3 Å². The van der Waals surface area contributed by atoms with E-state index in [1.807, 2.05) is 0 Å². The largest absolute Gasteiger partial charge is 0.431 e. The minimum atomic E-state index is -4.42. The van der Waals surface area contributed by atoms with Gasteiger partial charge in [0.25, 0.3) is 0 Å². The third kappa shape index (κ3) is 2.74. The van der Waals surface area contributed by atoms with Gasteiger partial charge in [0.15, 0.2) is 0 Å². The number of hydrogen-bond donors (Lipinski definition) is 1. The SMILES string of the molecule is FC(F)(F)c1cc(=S)cc(-c2ccccc2)[nH]1. The minimum Gasteiger partial charge on any atom is -0.351 e. The summed E-state index contributed by atoms with van der Waals surface area (Å²) in [6, 6.07) is 11.2. The zero-order valence-electron chi connectivity index (χ0n) is 8.58. The normalized spacial score (nSPS) is 11.5. The molecule has 0 aliphatic heterocycles. The van der Waals surface area contributed by atoms with Crippen LogP contribution in [0.15, 0.2) is 42.5 Å². The summed E-state index contributed by atoms with van der Waals surface area (Å²) in [5, 5.41) is 0. The predicted octanol–water partition coefficient (Wildman–Crippen LogP) is 4.43. The lowest BCUT2D eigenvalue weighted by molar-refractivity contribution is -0.141. The van der Waals surface area contributed by atoms with Crippen LogP contribution in [0.1, 0.15) is 5.69 Å². The molecule has 0 saturated carbocycles. The number of alkyl halides is 3. The van der Waals surface area contributed by atoms with Crippen LogP contribution in [0.25, 0.3) is 11.3 Å². The fraction of sp³-hybridized carbons (Fsp3) is 0.0833. The number of pyridine rings is 1. The standard InChI is InChI=1S/C12H8F3NS/c13-12(14,15)11-7-9(17)6-10(16-11)8-4-2-1-3-5-8/h1-7H,(H,16,17). The van der Waals surface area contributed by atoms with E-state index >= 15 is 0 Å². The molecule has 17 heavy (non-hydrogen) atoms. The lowest BCUT2D eigenvalue weighted by atomic mass is 10.1. The summed E-state index contributed by atoms with van der Waals surface area (Å²) < 4.78 is 37.9. The molecule has 0 atom stereocenters. The average Bonchev–Trinajstić information content (AvgIpc) is 2.28. The third-order valence-corrected chi connectivity index (χ3v) is 2.47. The van der Waals surface area contributed by atoms with Crippen LogP contribution in [0, 0.1) is 4.51 Å². The molecular formula is C12H8F3NS. The molecule has 0 spiro atoms. The first-order valence-electron chi connectivity index (χ1n) is 4.84. The Balaban J connectivity index is 2.58. The number of aromatic amines is 1. The van der Waals surface area contributed by atoms with E-state index in [0.717, 1.165) is 6.07 Å². The van der Waals surface area contributed by atoms with Gasteiger partial charge in [-0.1, -0.05) is 42.5 Å². The maximum absolute atomic E-state index is 12.6. The monoisotopic (exact) mass is 255 g/mol. The van der Waals surface area contributed by atoms with Crippen LogP contribution in [-0.2, 0) is 6.18 Å². The van der Waals surface area contributed by atoms with Crippen LogP contribution < -0.4 is 0 Å². The maximum Gasteiger partial charge on any atom is 0.431 e. The molecule has 88 valence electrons. The fourth-order valence-electron chi connectivity index (χ4n) is 1.47. The summed E-state index contributed by atoms with van der Waals surface area (Å²) in [7, 11) is 0. The number of aromatic nitrogens is 1. The van der Waals surface area contributed by atoms with Gasteiger partial charge in [0.1, 0.15) is 5.69 Å². The van der Waals surface area contributed by atoms with Crippen molar-refractivity contribution in [1.82, 2.24) is 4.98 Å². The van der Waals surface area contributed by atoms with Gasteiger partial charge in [-0.25, -0.2) is 0 Å². The minimum absolute atomic E-state index is 0.162. The Hall–Kier alpha value is -1.62. The molecule has 0 radical (unpaired) electrons. The molecule has 0 bridgehead atoms. The molecule has 1 aromatic carbocycles. The lowest BCUT2D eigenvalue weighted by Gasteiger charge is -2.09. The molecule has 0 aliphatic carbocycles. The van der Waals surface area contributed by atoms with Gasteiger partial charge in [-0.3, -0.25) is 0 Å². The van der Waals surface area contributed by atoms with E-state index in [4.69, 9.17) is 12.2 Å². The zero-order chi connectivity index (χ0) is 12.5. The van der Waals surface area contributed by atoms with Crippen molar-refractivity contribution in [1.29, 1.82) is 0 Å². The first kappa shape index (κ1) is 11.9. The second-order valence-electron chi connectivity index (χ2n) is 3.51. The van der Waals surface area contributed by atoms with Crippen molar-refractivity contribution in [3.05, 3.63) is 52.7 Å². The van der Waals surface area contributed by atoms with E-state index in [0.29, 0.717) is 11.3 Å². The molecule has 1 nitrogen and oxygen atoms in total. The highest BCUT2D eigenvalue weighted by Crippen LogP contribution is 2.29. The predicted molar refractivity (Wildman–Crippen MR) is 62.1 cm³/mol. The summed E-state index contributed by atoms with van der Waals surface area (Å²) in [4.78, 5) is 2.35. The quantitative estimate of drug-likeness (QED) is 0.745. The Labute approximate surface area is 101 Å². The summed E-state index contributed by atoms with van der Waals surface area (Å²) in [5.41, 5.74) is 0.207.